The maximum absolute atomic E-state index is 12.1. The van der Waals surface area contributed by atoms with E-state index in [0.717, 1.165) is 15.8 Å². The van der Waals surface area contributed by atoms with Gasteiger partial charge in [-0.3, -0.25) is 9.59 Å². The zero-order chi connectivity index (χ0) is 17.8. The first kappa shape index (κ1) is 16.9. The molecule has 0 unspecified atom stereocenters. The molecule has 0 aliphatic heterocycles. The predicted molar refractivity (Wildman–Crippen MR) is 98.0 cm³/mol. The summed E-state index contributed by atoms with van der Waals surface area (Å²) >= 11 is 1.48. The van der Waals surface area contributed by atoms with Crippen LogP contribution in [0.25, 0.3) is 10.2 Å². The van der Waals surface area contributed by atoms with Gasteiger partial charge in [-0.25, -0.2) is 5.43 Å². The Bertz CT molecular complexity index is 1000. The molecule has 2 aromatic carbocycles. The quantitative estimate of drug-likeness (QED) is 0.702. The third-order valence-corrected chi connectivity index (χ3v) is 4.90. The van der Waals surface area contributed by atoms with E-state index in [1.807, 2.05) is 54.9 Å². The van der Waals surface area contributed by atoms with Gasteiger partial charge in [0, 0.05) is 12.6 Å². The Balaban J connectivity index is 1.64. The van der Waals surface area contributed by atoms with Crippen LogP contribution in [0.5, 0.6) is 0 Å². The lowest BCUT2D eigenvalue weighted by molar-refractivity contribution is -0.120. The molecule has 128 valence electrons. The minimum atomic E-state index is -0.376. The Kier molecular flexibility index (Phi) is 4.95. The summed E-state index contributed by atoms with van der Waals surface area (Å²) in [5.74, 6) is -0.653. The molecule has 0 saturated carbocycles. The van der Waals surface area contributed by atoms with Crippen molar-refractivity contribution >= 4 is 33.4 Å². The van der Waals surface area contributed by atoms with Crippen LogP contribution >= 0.6 is 11.3 Å². The van der Waals surface area contributed by atoms with E-state index in [-0.39, 0.29) is 18.4 Å². The normalized spacial score (nSPS) is 11.5. The zero-order valence-electron chi connectivity index (χ0n) is 13.9. The molecule has 2 amide bonds. The number of nitrogens with zero attached hydrogens (tertiary/aromatic N) is 2. The largest absolute Gasteiger partial charge is 0.343 e. The van der Waals surface area contributed by atoms with Crippen LogP contribution in [0.2, 0.25) is 0 Å². The number of carbonyl (C=O) groups is 2. The van der Waals surface area contributed by atoms with Crippen LogP contribution in [-0.4, -0.2) is 22.9 Å². The zero-order valence-corrected chi connectivity index (χ0v) is 14.8. The summed E-state index contributed by atoms with van der Waals surface area (Å²) in [5, 5.41) is 6.74. The molecule has 3 rings (SSSR count). The van der Waals surface area contributed by atoms with Crippen molar-refractivity contribution in [1.29, 1.82) is 0 Å². The number of carbonyl (C=O) groups excluding carboxylic acids is 2. The summed E-state index contributed by atoms with van der Waals surface area (Å²) in [5.41, 5.74) is 4.95. The molecule has 1 heterocycles. The fraction of sp³-hybridized carbons (Fsp3) is 0.167. The lowest BCUT2D eigenvalue weighted by Gasteiger charge is -2.06. The summed E-state index contributed by atoms with van der Waals surface area (Å²) in [7, 11) is 1.89. The number of fused-ring (bicyclic) bond motifs is 1. The lowest BCUT2D eigenvalue weighted by atomic mass is 10.1. The fourth-order valence-electron chi connectivity index (χ4n) is 2.42. The van der Waals surface area contributed by atoms with Crippen molar-refractivity contribution in [1.82, 2.24) is 15.3 Å². The number of nitrogens with one attached hydrogen (secondary N) is 2. The molecule has 2 N–H and O–H groups in total. The van der Waals surface area contributed by atoms with E-state index in [9.17, 15) is 9.59 Å². The van der Waals surface area contributed by atoms with E-state index in [1.165, 1.54) is 11.3 Å². The molecule has 0 bridgehead atoms. The second-order valence-corrected chi connectivity index (χ2v) is 6.56. The predicted octanol–water partition coefficient (Wildman–Crippen LogP) is 1.91. The molecule has 0 atom stereocenters. The Morgan fingerprint density at radius 1 is 1.12 bits per heavy atom. The van der Waals surface area contributed by atoms with Gasteiger partial charge in [0.05, 0.1) is 16.8 Å². The smallest absolute Gasteiger partial charge is 0.259 e. The second-order valence-electron chi connectivity index (χ2n) is 5.56. The van der Waals surface area contributed by atoms with Crippen molar-refractivity contribution < 1.29 is 9.59 Å². The summed E-state index contributed by atoms with van der Waals surface area (Å²) in [6.45, 7) is 1.72. The topological polar surface area (TPSA) is 75.5 Å². The summed E-state index contributed by atoms with van der Waals surface area (Å²) in [6.07, 6.45) is 0. The van der Waals surface area contributed by atoms with Gasteiger partial charge >= 0.3 is 0 Å². The molecule has 0 saturated heterocycles. The number of aryl methyl sites for hydroxylation is 2. The Morgan fingerprint density at radius 3 is 2.60 bits per heavy atom. The second kappa shape index (κ2) is 7.31. The van der Waals surface area contributed by atoms with E-state index in [4.69, 9.17) is 0 Å². The fourth-order valence-corrected chi connectivity index (χ4v) is 3.40. The number of hydrogen-bond acceptors (Lipinski definition) is 4. The molecular weight excluding hydrogens is 336 g/mol. The maximum atomic E-state index is 12.1. The van der Waals surface area contributed by atoms with Gasteiger partial charge in [-0.05, 0) is 30.7 Å². The van der Waals surface area contributed by atoms with E-state index in [0.29, 0.717) is 10.4 Å². The van der Waals surface area contributed by atoms with Crippen molar-refractivity contribution in [3.63, 3.8) is 0 Å². The molecule has 1 aromatic heterocycles. The highest BCUT2D eigenvalue weighted by Crippen LogP contribution is 2.14. The number of hydrogen-bond donors (Lipinski definition) is 2. The number of aromatic nitrogens is 1. The monoisotopic (exact) mass is 354 g/mol. The van der Waals surface area contributed by atoms with Crippen LogP contribution in [0.4, 0.5) is 0 Å². The van der Waals surface area contributed by atoms with Gasteiger partial charge in [0.1, 0.15) is 0 Å². The molecule has 6 nitrogen and oxygen atoms in total. The average molecular weight is 354 g/mol. The van der Waals surface area contributed by atoms with E-state index in [1.54, 1.807) is 12.1 Å². The SMILES string of the molecule is Cc1ccccc1C(=O)NCC(=O)N/N=c1\sc2ccccc2n1C. The van der Waals surface area contributed by atoms with Gasteiger partial charge < -0.3 is 9.88 Å². The minimum Gasteiger partial charge on any atom is -0.343 e. The minimum absolute atomic E-state index is 0.134. The van der Waals surface area contributed by atoms with Crippen LogP contribution in [0.3, 0.4) is 0 Å². The molecule has 0 fully saturated rings. The highest BCUT2D eigenvalue weighted by atomic mass is 32.1. The van der Waals surface area contributed by atoms with Crippen LogP contribution in [-0.2, 0) is 11.8 Å². The van der Waals surface area contributed by atoms with Crippen LogP contribution in [0.1, 0.15) is 15.9 Å². The van der Waals surface area contributed by atoms with Gasteiger partial charge in [-0.15, -0.1) is 5.10 Å². The Hall–Kier alpha value is -2.93. The van der Waals surface area contributed by atoms with Gasteiger partial charge in [0.2, 0.25) is 4.80 Å². The van der Waals surface area contributed by atoms with Crippen molar-refractivity contribution in [2.24, 2.45) is 12.1 Å². The molecular formula is C18H18N4O2S. The lowest BCUT2D eigenvalue weighted by Crippen LogP contribution is -2.36. The van der Waals surface area contributed by atoms with Crippen molar-refractivity contribution in [2.45, 2.75) is 6.92 Å². The molecule has 0 spiro atoms. The number of rotatable bonds is 4. The molecule has 0 aliphatic carbocycles. The van der Waals surface area contributed by atoms with Gasteiger partial charge in [0.15, 0.2) is 0 Å². The highest BCUT2D eigenvalue weighted by Gasteiger charge is 2.09. The first-order valence-corrected chi connectivity index (χ1v) is 8.59. The van der Waals surface area contributed by atoms with E-state index >= 15 is 0 Å². The highest BCUT2D eigenvalue weighted by molar-refractivity contribution is 7.16. The van der Waals surface area contributed by atoms with E-state index < -0.39 is 0 Å². The Morgan fingerprint density at radius 2 is 1.84 bits per heavy atom. The average Bonchev–Trinajstić information content (AvgIpc) is 2.94. The summed E-state index contributed by atoms with van der Waals surface area (Å²) < 4.78 is 3.00. The van der Waals surface area contributed by atoms with E-state index in [2.05, 4.69) is 15.8 Å². The number of thiazole rings is 1. The maximum Gasteiger partial charge on any atom is 0.259 e. The number of amides is 2. The van der Waals surface area contributed by atoms with Crippen LogP contribution in [0, 0.1) is 6.92 Å². The third kappa shape index (κ3) is 3.77. The first-order valence-electron chi connectivity index (χ1n) is 7.77. The molecule has 0 aliphatic rings. The molecule has 3 aromatic rings. The van der Waals surface area contributed by atoms with Crippen molar-refractivity contribution in [2.75, 3.05) is 6.54 Å². The first-order chi connectivity index (χ1) is 12.1. The van der Waals surface area contributed by atoms with Gasteiger partial charge in [-0.2, -0.15) is 0 Å². The third-order valence-electron chi connectivity index (χ3n) is 3.79. The molecule has 7 heteroatoms. The van der Waals surface area contributed by atoms with Crippen molar-refractivity contribution in [3.05, 3.63) is 64.5 Å². The van der Waals surface area contributed by atoms with Gasteiger partial charge in [-0.1, -0.05) is 41.7 Å². The molecule has 0 radical (unpaired) electrons. The Labute approximate surface area is 148 Å². The standard InChI is InChI=1S/C18H18N4O2S/c1-12-7-3-4-8-13(12)17(24)19-11-16(23)20-21-18-22(2)14-9-5-6-10-15(14)25-18/h3-10H,11H2,1-2H3,(H,19,24)(H,20,23)/b21-18-. The summed E-state index contributed by atoms with van der Waals surface area (Å²) in [6, 6.07) is 15.1. The molecule has 25 heavy (non-hydrogen) atoms. The van der Waals surface area contributed by atoms with Crippen LogP contribution < -0.4 is 15.5 Å². The van der Waals surface area contributed by atoms with Crippen LogP contribution in [0.15, 0.2) is 53.6 Å². The van der Waals surface area contributed by atoms with Gasteiger partial charge in [0.25, 0.3) is 11.8 Å². The summed E-state index contributed by atoms with van der Waals surface area (Å²) in [4.78, 5) is 24.7. The number of benzene rings is 2. The van der Waals surface area contributed by atoms with Crippen molar-refractivity contribution in [3.8, 4) is 0 Å². The number of para-hydroxylation sites is 1.